The Morgan fingerprint density at radius 3 is 2.32 bits per heavy atom. The lowest BCUT2D eigenvalue weighted by molar-refractivity contribution is -0.122. The van der Waals surface area contributed by atoms with Crippen LogP contribution in [0.3, 0.4) is 0 Å². The van der Waals surface area contributed by atoms with Crippen LogP contribution in [0.5, 0.6) is 0 Å². The molecule has 184 valence electrons. The number of anilines is 2. The lowest BCUT2D eigenvalue weighted by atomic mass is 10.1. The topological polar surface area (TPSA) is 119 Å². The molecule has 0 atom stereocenters. The molecular formula is C24H32N4O5S. The van der Waals surface area contributed by atoms with E-state index in [2.05, 4.69) is 21.9 Å². The number of aromatic carboxylic acids is 1. The van der Waals surface area contributed by atoms with Gasteiger partial charge < -0.3 is 15.3 Å². The zero-order valence-corrected chi connectivity index (χ0v) is 20.4. The number of amides is 1. The largest absolute Gasteiger partial charge is 0.478 e. The van der Waals surface area contributed by atoms with Crippen molar-refractivity contribution in [1.29, 1.82) is 0 Å². The molecule has 0 radical (unpaired) electrons. The van der Waals surface area contributed by atoms with Crippen LogP contribution in [0.25, 0.3) is 0 Å². The van der Waals surface area contributed by atoms with E-state index in [1.165, 1.54) is 24.3 Å². The molecule has 34 heavy (non-hydrogen) atoms. The number of carbonyl (C=O) groups is 2. The third kappa shape index (κ3) is 6.71. The molecule has 1 aliphatic heterocycles. The van der Waals surface area contributed by atoms with Crippen LogP contribution in [0.2, 0.25) is 0 Å². The quantitative estimate of drug-likeness (QED) is 0.440. The zero-order valence-electron chi connectivity index (χ0n) is 19.6. The van der Waals surface area contributed by atoms with E-state index in [-0.39, 0.29) is 22.1 Å². The van der Waals surface area contributed by atoms with Crippen molar-refractivity contribution in [3.63, 3.8) is 0 Å². The molecule has 1 amide bonds. The van der Waals surface area contributed by atoms with Crippen LogP contribution in [0.1, 0.15) is 35.7 Å². The summed E-state index contributed by atoms with van der Waals surface area (Å²) in [5.74, 6) is -1.14. The van der Waals surface area contributed by atoms with Gasteiger partial charge in [0.25, 0.3) is 10.0 Å². The summed E-state index contributed by atoms with van der Waals surface area (Å²) in [4.78, 5) is 27.8. The van der Waals surface area contributed by atoms with Gasteiger partial charge in [-0.1, -0.05) is 31.0 Å². The van der Waals surface area contributed by atoms with E-state index in [1.54, 1.807) is 18.2 Å². The van der Waals surface area contributed by atoms with Gasteiger partial charge in [-0.3, -0.25) is 14.4 Å². The van der Waals surface area contributed by atoms with Crippen molar-refractivity contribution in [2.24, 2.45) is 0 Å². The lowest BCUT2D eigenvalue weighted by Gasteiger charge is -2.36. The summed E-state index contributed by atoms with van der Waals surface area (Å²) in [6.07, 6.45) is 1.97. The fourth-order valence-electron chi connectivity index (χ4n) is 3.76. The molecule has 0 bridgehead atoms. The highest BCUT2D eigenvalue weighted by Crippen LogP contribution is 2.30. The third-order valence-electron chi connectivity index (χ3n) is 5.75. The van der Waals surface area contributed by atoms with Gasteiger partial charge in [0.2, 0.25) is 5.91 Å². The highest BCUT2D eigenvalue weighted by molar-refractivity contribution is 7.92. The standard InChI is InChI=1S/C24H32N4O5S/c1-3-4-11-25-23(29)17-27-12-14-28(15-13-27)22-10-7-19(24(30)31)16-21(22)26-34(32,33)20-8-5-18(2)6-9-20/h5-10,16,26H,3-4,11-15,17H2,1-2H3,(H,25,29)(H,30,31). The number of carbonyl (C=O) groups excluding carboxylic acids is 1. The van der Waals surface area contributed by atoms with Crippen LogP contribution in [0.4, 0.5) is 11.4 Å². The first-order valence-corrected chi connectivity index (χ1v) is 12.9. The highest BCUT2D eigenvalue weighted by Gasteiger charge is 2.24. The molecule has 1 saturated heterocycles. The maximum Gasteiger partial charge on any atom is 0.335 e. The zero-order chi connectivity index (χ0) is 24.7. The lowest BCUT2D eigenvalue weighted by Crippen LogP contribution is -2.49. The Labute approximate surface area is 200 Å². The van der Waals surface area contributed by atoms with Crippen molar-refractivity contribution < 1.29 is 23.1 Å². The summed E-state index contributed by atoms with van der Waals surface area (Å²) in [6, 6.07) is 10.9. The number of carboxylic acids is 1. The Bertz CT molecular complexity index is 1110. The minimum absolute atomic E-state index is 0.000687. The molecule has 0 spiro atoms. The van der Waals surface area contributed by atoms with Crippen molar-refractivity contribution in [2.75, 3.05) is 48.9 Å². The van der Waals surface area contributed by atoms with E-state index in [9.17, 15) is 23.1 Å². The monoisotopic (exact) mass is 488 g/mol. The van der Waals surface area contributed by atoms with E-state index >= 15 is 0 Å². The summed E-state index contributed by atoms with van der Waals surface area (Å²) in [5, 5.41) is 12.3. The molecule has 2 aromatic rings. The van der Waals surface area contributed by atoms with Gasteiger partial charge in [0, 0.05) is 32.7 Å². The Morgan fingerprint density at radius 2 is 1.71 bits per heavy atom. The first kappa shape index (κ1) is 25.5. The van der Waals surface area contributed by atoms with Gasteiger partial charge >= 0.3 is 5.97 Å². The Kier molecular flexibility index (Phi) is 8.51. The second kappa shape index (κ2) is 11.3. The number of sulfonamides is 1. The highest BCUT2D eigenvalue weighted by atomic mass is 32.2. The second-order valence-electron chi connectivity index (χ2n) is 8.42. The maximum atomic E-state index is 13.0. The van der Waals surface area contributed by atoms with Crippen LogP contribution in [0, 0.1) is 6.92 Å². The van der Waals surface area contributed by atoms with E-state index in [1.807, 2.05) is 11.8 Å². The van der Waals surface area contributed by atoms with E-state index in [0.717, 1.165) is 18.4 Å². The van der Waals surface area contributed by atoms with E-state index in [4.69, 9.17) is 0 Å². The average Bonchev–Trinajstić information content (AvgIpc) is 2.80. The molecule has 3 N–H and O–H groups in total. The molecule has 0 aromatic heterocycles. The van der Waals surface area contributed by atoms with Crippen molar-refractivity contribution in [3.8, 4) is 0 Å². The SMILES string of the molecule is CCCCNC(=O)CN1CCN(c2ccc(C(=O)O)cc2NS(=O)(=O)c2ccc(C)cc2)CC1. The number of unbranched alkanes of at least 4 members (excludes halogenated alkanes) is 1. The number of rotatable bonds is 10. The van der Waals surface area contributed by atoms with Crippen LogP contribution < -0.4 is 14.9 Å². The van der Waals surface area contributed by atoms with Gasteiger partial charge in [-0.15, -0.1) is 0 Å². The third-order valence-corrected chi connectivity index (χ3v) is 7.13. The summed E-state index contributed by atoms with van der Waals surface area (Å²) in [6.45, 7) is 7.36. The minimum Gasteiger partial charge on any atom is -0.478 e. The molecule has 10 heteroatoms. The van der Waals surface area contributed by atoms with Crippen LogP contribution in [0.15, 0.2) is 47.4 Å². The van der Waals surface area contributed by atoms with Gasteiger partial charge in [0.1, 0.15) is 0 Å². The second-order valence-corrected chi connectivity index (χ2v) is 10.1. The molecule has 0 saturated carbocycles. The van der Waals surface area contributed by atoms with Crippen molar-refractivity contribution in [1.82, 2.24) is 10.2 Å². The first-order valence-electron chi connectivity index (χ1n) is 11.4. The van der Waals surface area contributed by atoms with Crippen molar-refractivity contribution in [2.45, 2.75) is 31.6 Å². The first-order chi connectivity index (χ1) is 16.2. The molecule has 0 aliphatic carbocycles. The molecule has 1 fully saturated rings. The number of hydrogen-bond donors (Lipinski definition) is 3. The molecular weight excluding hydrogens is 456 g/mol. The number of nitrogens with one attached hydrogen (secondary N) is 2. The minimum atomic E-state index is -3.90. The number of carboxylic acid groups (broad SMARTS) is 1. The van der Waals surface area contributed by atoms with Gasteiger partial charge in [0.05, 0.1) is 28.4 Å². The number of piperazine rings is 1. The smallest absolute Gasteiger partial charge is 0.335 e. The summed E-state index contributed by atoms with van der Waals surface area (Å²) < 4.78 is 28.5. The van der Waals surface area contributed by atoms with Gasteiger partial charge in [-0.05, 0) is 43.7 Å². The van der Waals surface area contributed by atoms with Crippen molar-refractivity contribution >= 4 is 33.3 Å². The number of hydrogen-bond acceptors (Lipinski definition) is 6. The average molecular weight is 489 g/mol. The molecule has 9 nitrogen and oxygen atoms in total. The predicted molar refractivity (Wildman–Crippen MR) is 132 cm³/mol. The number of nitrogens with zero attached hydrogens (tertiary/aromatic N) is 2. The van der Waals surface area contributed by atoms with Crippen LogP contribution in [-0.2, 0) is 14.8 Å². The molecule has 1 aliphatic rings. The number of aryl methyl sites for hydroxylation is 1. The van der Waals surface area contributed by atoms with Gasteiger partial charge in [-0.25, -0.2) is 13.2 Å². The molecule has 3 rings (SSSR count). The van der Waals surface area contributed by atoms with Crippen LogP contribution in [-0.4, -0.2) is 69.6 Å². The summed E-state index contributed by atoms with van der Waals surface area (Å²) >= 11 is 0. The molecule has 2 aromatic carbocycles. The van der Waals surface area contributed by atoms with E-state index in [0.29, 0.717) is 45.0 Å². The number of benzene rings is 2. The fourth-order valence-corrected chi connectivity index (χ4v) is 4.82. The maximum absolute atomic E-state index is 13.0. The van der Waals surface area contributed by atoms with Crippen LogP contribution >= 0.6 is 0 Å². The van der Waals surface area contributed by atoms with Gasteiger partial charge in [-0.2, -0.15) is 0 Å². The Balaban J connectivity index is 1.74. The predicted octanol–water partition coefficient (Wildman–Crippen LogP) is 2.53. The fraction of sp³-hybridized carbons (Fsp3) is 0.417. The molecule has 0 unspecified atom stereocenters. The Morgan fingerprint density at radius 1 is 1.03 bits per heavy atom. The van der Waals surface area contributed by atoms with Gasteiger partial charge in [0.15, 0.2) is 0 Å². The van der Waals surface area contributed by atoms with Crippen molar-refractivity contribution in [3.05, 3.63) is 53.6 Å². The Hall–Kier alpha value is -3.11. The summed E-state index contributed by atoms with van der Waals surface area (Å²) in [7, 11) is -3.90. The summed E-state index contributed by atoms with van der Waals surface area (Å²) in [5.41, 5.74) is 1.75. The normalized spacial score (nSPS) is 14.6. The van der Waals surface area contributed by atoms with E-state index < -0.39 is 16.0 Å². The molecule has 1 heterocycles.